The van der Waals surface area contributed by atoms with Gasteiger partial charge in [-0.25, -0.2) is 0 Å². The maximum absolute atomic E-state index is 12.6. The number of methoxy groups -OCH3 is 1. The molecule has 29 heavy (non-hydrogen) atoms. The van der Waals surface area contributed by atoms with Crippen LogP contribution in [-0.4, -0.2) is 33.0 Å². The normalized spacial score (nSPS) is 11.9. The topological polar surface area (TPSA) is 69.0 Å². The molecular weight excluding hydrogens is 384 g/mol. The number of thioether (sulfide) groups is 1. The van der Waals surface area contributed by atoms with Crippen LogP contribution in [0.15, 0.2) is 53.7 Å². The summed E-state index contributed by atoms with van der Waals surface area (Å²) in [6, 6.07) is 15.6. The average Bonchev–Trinajstić information content (AvgIpc) is 3.16. The fourth-order valence-corrected chi connectivity index (χ4v) is 3.81. The fraction of sp³-hybridized carbons (Fsp3) is 0.318. The highest BCUT2D eigenvalue weighted by molar-refractivity contribution is 8.00. The molecule has 3 aromatic rings. The maximum Gasteiger partial charge on any atom is 0.237 e. The van der Waals surface area contributed by atoms with E-state index in [4.69, 9.17) is 4.74 Å². The molecule has 1 heterocycles. The van der Waals surface area contributed by atoms with Crippen LogP contribution in [0.4, 0.5) is 5.69 Å². The van der Waals surface area contributed by atoms with E-state index < -0.39 is 0 Å². The second kappa shape index (κ2) is 9.60. The summed E-state index contributed by atoms with van der Waals surface area (Å²) in [5.41, 5.74) is 3.00. The molecule has 0 aliphatic carbocycles. The monoisotopic (exact) mass is 410 g/mol. The fourth-order valence-electron chi connectivity index (χ4n) is 2.89. The zero-order valence-electron chi connectivity index (χ0n) is 17.2. The second-order valence-corrected chi connectivity index (χ2v) is 7.89. The van der Waals surface area contributed by atoms with E-state index in [1.54, 1.807) is 7.11 Å². The number of rotatable bonds is 8. The van der Waals surface area contributed by atoms with E-state index in [1.165, 1.54) is 17.3 Å². The largest absolute Gasteiger partial charge is 0.497 e. The lowest BCUT2D eigenvalue weighted by Gasteiger charge is -2.13. The lowest BCUT2D eigenvalue weighted by Crippen LogP contribution is -2.23. The quantitative estimate of drug-likeness (QED) is 0.547. The molecule has 0 saturated carbocycles. The molecule has 0 aliphatic heterocycles. The van der Waals surface area contributed by atoms with Gasteiger partial charge in [-0.05, 0) is 62.2 Å². The van der Waals surface area contributed by atoms with Crippen LogP contribution in [0.25, 0.3) is 11.4 Å². The molecule has 0 unspecified atom stereocenters. The molecule has 1 atom stereocenters. The summed E-state index contributed by atoms with van der Waals surface area (Å²) in [6.45, 7) is 6.74. The zero-order valence-corrected chi connectivity index (χ0v) is 18.0. The van der Waals surface area contributed by atoms with E-state index in [0.717, 1.165) is 34.4 Å². The van der Waals surface area contributed by atoms with Gasteiger partial charge in [0.15, 0.2) is 11.0 Å². The molecule has 152 valence electrons. The Morgan fingerprint density at radius 3 is 2.38 bits per heavy atom. The van der Waals surface area contributed by atoms with Gasteiger partial charge in [-0.2, -0.15) is 0 Å². The number of aromatic nitrogens is 3. The van der Waals surface area contributed by atoms with Crippen LogP contribution in [0.1, 0.15) is 26.3 Å². The summed E-state index contributed by atoms with van der Waals surface area (Å²) >= 11 is 1.41. The molecule has 0 aliphatic rings. The van der Waals surface area contributed by atoms with Crippen molar-refractivity contribution in [3.63, 3.8) is 0 Å². The van der Waals surface area contributed by atoms with Gasteiger partial charge < -0.3 is 14.6 Å². The first-order valence-corrected chi connectivity index (χ1v) is 10.6. The molecule has 1 N–H and O–H groups in total. The lowest BCUT2D eigenvalue weighted by molar-refractivity contribution is -0.115. The summed E-state index contributed by atoms with van der Waals surface area (Å²) in [7, 11) is 1.64. The Morgan fingerprint density at radius 1 is 1.10 bits per heavy atom. The van der Waals surface area contributed by atoms with Crippen LogP contribution in [-0.2, 0) is 17.8 Å². The predicted molar refractivity (Wildman–Crippen MR) is 117 cm³/mol. The van der Waals surface area contributed by atoms with Gasteiger partial charge in [0.25, 0.3) is 0 Å². The van der Waals surface area contributed by atoms with Gasteiger partial charge in [0.2, 0.25) is 5.91 Å². The van der Waals surface area contributed by atoms with Crippen LogP contribution < -0.4 is 10.1 Å². The van der Waals surface area contributed by atoms with Crippen molar-refractivity contribution in [2.75, 3.05) is 12.4 Å². The van der Waals surface area contributed by atoms with Gasteiger partial charge >= 0.3 is 0 Å². The molecule has 7 heteroatoms. The molecule has 1 amide bonds. The summed E-state index contributed by atoms with van der Waals surface area (Å²) in [5, 5.41) is 12.1. The molecule has 0 fully saturated rings. The molecular formula is C22H26N4O2S. The summed E-state index contributed by atoms with van der Waals surface area (Å²) in [6.07, 6.45) is 0.976. The molecule has 6 nitrogen and oxygen atoms in total. The number of aryl methyl sites for hydroxylation is 1. The molecule has 3 rings (SSSR count). The van der Waals surface area contributed by atoms with Crippen molar-refractivity contribution < 1.29 is 9.53 Å². The van der Waals surface area contributed by atoms with Gasteiger partial charge in [0.1, 0.15) is 5.75 Å². The van der Waals surface area contributed by atoms with E-state index in [0.29, 0.717) is 6.54 Å². The first kappa shape index (κ1) is 20.9. The lowest BCUT2D eigenvalue weighted by atomic mass is 10.1. The van der Waals surface area contributed by atoms with Gasteiger partial charge in [-0.15, -0.1) is 10.2 Å². The first-order chi connectivity index (χ1) is 14.0. The van der Waals surface area contributed by atoms with Crippen molar-refractivity contribution in [3.8, 4) is 17.1 Å². The molecule has 0 spiro atoms. The van der Waals surface area contributed by atoms with Crippen molar-refractivity contribution in [2.45, 2.75) is 44.1 Å². The Bertz CT molecular complexity index is 952. The number of hydrogen-bond donors (Lipinski definition) is 1. The summed E-state index contributed by atoms with van der Waals surface area (Å²) in [5.74, 6) is 1.51. The summed E-state index contributed by atoms with van der Waals surface area (Å²) < 4.78 is 7.24. The zero-order chi connectivity index (χ0) is 20.8. The van der Waals surface area contributed by atoms with Gasteiger partial charge in [0.05, 0.1) is 12.4 Å². The number of nitrogens with one attached hydrogen (secondary N) is 1. The third-order valence-corrected chi connectivity index (χ3v) is 5.74. The third kappa shape index (κ3) is 4.98. The van der Waals surface area contributed by atoms with Crippen molar-refractivity contribution in [2.24, 2.45) is 0 Å². The highest BCUT2D eigenvalue weighted by Crippen LogP contribution is 2.28. The van der Waals surface area contributed by atoms with E-state index in [9.17, 15) is 4.79 Å². The van der Waals surface area contributed by atoms with Crippen LogP contribution in [0, 0.1) is 0 Å². The minimum absolute atomic E-state index is 0.0594. The molecule has 1 aromatic heterocycles. The van der Waals surface area contributed by atoms with Crippen molar-refractivity contribution in [3.05, 3.63) is 54.1 Å². The number of hydrogen-bond acceptors (Lipinski definition) is 5. The first-order valence-electron chi connectivity index (χ1n) is 9.69. The van der Waals surface area contributed by atoms with E-state index in [2.05, 4.69) is 22.4 Å². The molecule has 0 bridgehead atoms. The van der Waals surface area contributed by atoms with Gasteiger partial charge in [-0.1, -0.05) is 30.8 Å². The van der Waals surface area contributed by atoms with Crippen LogP contribution in [0.3, 0.4) is 0 Å². The highest BCUT2D eigenvalue weighted by Gasteiger charge is 2.20. The Balaban J connectivity index is 1.71. The molecule has 2 aromatic carbocycles. The highest BCUT2D eigenvalue weighted by atomic mass is 32.2. The number of carbonyl (C=O) groups is 1. The number of anilines is 1. The number of nitrogens with zero attached hydrogens (tertiary/aromatic N) is 3. The Hall–Kier alpha value is -2.80. The molecule has 0 saturated heterocycles. The van der Waals surface area contributed by atoms with E-state index in [-0.39, 0.29) is 11.2 Å². The van der Waals surface area contributed by atoms with E-state index >= 15 is 0 Å². The van der Waals surface area contributed by atoms with Gasteiger partial charge in [-0.3, -0.25) is 4.79 Å². The van der Waals surface area contributed by atoms with Crippen LogP contribution in [0.5, 0.6) is 5.75 Å². The van der Waals surface area contributed by atoms with Crippen molar-refractivity contribution >= 4 is 23.4 Å². The number of carbonyl (C=O) groups excluding carboxylic acids is 1. The molecule has 0 radical (unpaired) electrons. The van der Waals surface area contributed by atoms with Crippen molar-refractivity contribution in [1.29, 1.82) is 0 Å². The Morgan fingerprint density at radius 2 is 1.79 bits per heavy atom. The average molecular weight is 411 g/mol. The minimum Gasteiger partial charge on any atom is -0.497 e. The standard InChI is InChI=1S/C22H26N4O2S/c1-5-16-7-11-18(12-8-16)23-21(27)15(3)29-22-25-24-20(26(22)6-2)17-9-13-19(28-4)14-10-17/h7-15H,5-6H2,1-4H3,(H,23,27)/t15-/m1/s1. The number of benzene rings is 2. The minimum atomic E-state index is -0.306. The Labute approximate surface area is 175 Å². The Kier molecular flexibility index (Phi) is 6.93. The number of ether oxygens (including phenoxy) is 1. The van der Waals surface area contributed by atoms with Crippen molar-refractivity contribution in [1.82, 2.24) is 14.8 Å². The predicted octanol–water partition coefficient (Wildman–Crippen LogP) is 4.66. The smallest absolute Gasteiger partial charge is 0.237 e. The summed E-state index contributed by atoms with van der Waals surface area (Å²) in [4.78, 5) is 12.6. The van der Waals surface area contributed by atoms with E-state index in [1.807, 2.05) is 66.9 Å². The van der Waals surface area contributed by atoms with Crippen LogP contribution in [0.2, 0.25) is 0 Å². The second-order valence-electron chi connectivity index (χ2n) is 6.58. The third-order valence-electron chi connectivity index (χ3n) is 4.66. The van der Waals surface area contributed by atoms with Gasteiger partial charge in [0, 0.05) is 17.8 Å². The SMILES string of the molecule is CCc1ccc(NC(=O)[C@@H](C)Sc2nnc(-c3ccc(OC)cc3)n2CC)cc1. The van der Waals surface area contributed by atoms with Crippen LogP contribution >= 0.6 is 11.8 Å². The maximum atomic E-state index is 12.6. The number of amides is 1.